The van der Waals surface area contributed by atoms with Crippen LogP contribution in [0, 0.1) is 0 Å². The molecule has 0 aliphatic carbocycles. The van der Waals surface area contributed by atoms with Crippen molar-refractivity contribution < 1.29 is 0 Å². The lowest BCUT2D eigenvalue weighted by atomic mass is 10.2. The van der Waals surface area contributed by atoms with E-state index in [0.29, 0.717) is 0 Å². The summed E-state index contributed by atoms with van der Waals surface area (Å²) in [4.78, 5) is 9.61. The van der Waals surface area contributed by atoms with Crippen LogP contribution in [0.2, 0.25) is 0 Å². The van der Waals surface area contributed by atoms with Crippen LogP contribution in [0.5, 0.6) is 0 Å². The summed E-state index contributed by atoms with van der Waals surface area (Å²) in [7, 11) is 0. The average Bonchev–Trinajstić information content (AvgIpc) is 2.95. The van der Waals surface area contributed by atoms with Gasteiger partial charge in [0.05, 0.1) is 17.2 Å². The van der Waals surface area contributed by atoms with Crippen LogP contribution in [0.4, 0.5) is 5.69 Å². The molecule has 0 fully saturated rings. The average molecular weight is 293 g/mol. The fourth-order valence-corrected chi connectivity index (χ4v) is 3.19. The van der Waals surface area contributed by atoms with Gasteiger partial charge in [0, 0.05) is 21.4 Å². The molecule has 4 rings (SSSR count). The molecule has 0 spiro atoms. The number of hydrogen-bond donors (Lipinski definition) is 2. The molecule has 0 unspecified atom stereocenters. The molecule has 0 radical (unpaired) electrons. The zero-order valence-electron chi connectivity index (χ0n) is 10.9. The minimum absolute atomic E-state index is 0.719. The molecule has 0 saturated heterocycles. The Balaban J connectivity index is 1.84. The number of nitrogens with one attached hydrogen (secondary N) is 1. The molecular formula is C15H11N5S. The second-order valence-corrected chi connectivity index (χ2v) is 5.68. The van der Waals surface area contributed by atoms with Gasteiger partial charge in [-0.1, -0.05) is 30.0 Å². The molecule has 0 aliphatic rings. The van der Waals surface area contributed by atoms with Crippen LogP contribution in [0.25, 0.3) is 21.8 Å². The Hall–Kier alpha value is -2.60. The van der Waals surface area contributed by atoms with E-state index in [1.54, 1.807) is 12.5 Å². The highest BCUT2D eigenvalue weighted by Crippen LogP contribution is 2.36. The molecule has 4 aromatic rings. The summed E-state index contributed by atoms with van der Waals surface area (Å²) < 4.78 is 0. The number of para-hydroxylation sites is 1. The largest absolute Gasteiger partial charge is 0.398 e. The number of aromatic nitrogens is 4. The van der Waals surface area contributed by atoms with Crippen molar-refractivity contribution in [3.8, 4) is 0 Å². The molecule has 102 valence electrons. The number of aromatic amines is 1. The Morgan fingerprint density at radius 2 is 2.00 bits per heavy atom. The van der Waals surface area contributed by atoms with E-state index in [-0.39, 0.29) is 0 Å². The van der Waals surface area contributed by atoms with Gasteiger partial charge in [-0.05, 0) is 18.2 Å². The van der Waals surface area contributed by atoms with Crippen molar-refractivity contribution in [3.63, 3.8) is 0 Å². The number of benzene rings is 2. The molecule has 2 aromatic heterocycles. The number of nitrogen functional groups attached to an aromatic ring is 1. The highest BCUT2D eigenvalue weighted by Gasteiger charge is 2.09. The summed E-state index contributed by atoms with van der Waals surface area (Å²) in [6, 6.07) is 11.9. The molecule has 2 heterocycles. The molecule has 0 aliphatic heterocycles. The number of rotatable bonds is 2. The van der Waals surface area contributed by atoms with Gasteiger partial charge in [0.2, 0.25) is 0 Å². The Morgan fingerprint density at radius 1 is 1.10 bits per heavy atom. The van der Waals surface area contributed by atoms with Gasteiger partial charge >= 0.3 is 0 Å². The first-order valence-corrected chi connectivity index (χ1v) is 7.23. The Kier molecular flexibility index (Phi) is 2.75. The first-order chi connectivity index (χ1) is 10.3. The summed E-state index contributed by atoms with van der Waals surface area (Å²) in [6.07, 6.45) is 3.34. The Bertz CT molecular complexity index is 942. The van der Waals surface area contributed by atoms with Crippen LogP contribution in [0.3, 0.4) is 0 Å². The van der Waals surface area contributed by atoms with Gasteiger partial charge in [-0.3, -0.25) is 5.10 Å². The van der Waals surface area contributed by atoms with Gasteiger partial charge in [0.25, 0.3) is 0 Å². The molecule has 2 aromatic carbocycles. The highest BCUT2D eigenvalue weighted by molar-refractivity contribution is 7.99. The summed E-state index contributed by atoms with van der Waals surface area (Å²) in [5, 5.41) is 9.90. The maximum Gasteiger partial charge on any atom is 0.117 e. The third-order valence-corrected chi connectivity index (χ3v) is 4.38. The van der Waals surface area contributed by atoms with Gasteiger partial charge in [-0.25, -0.2) is 9.97 Å². The zero-order valence-corrected chi connectivity index (χ0v) is 11.8. The van der Waals surface area contributed by atoms with Crippen molar-refractivity contribution in [2.75, 3.05) is 5.73 Å². The Labute approximate surface area is 124 Å². The summed E-state index contributed by atoms with van der Waals surface area (Å²) in [6.45, 7) is 0. The lowest BCUT2D eigenvalue weighted by molar-refractivity contribution is 1.10. The van der Waals surface area contributed by atoms with E-state index in [9.17, 15) is 0 Å². The van der Waals surface area contributed by atoms with Crippen molar-refractivity contribution in [1.82, 2.24) is 20.2 Å². The third-order valence-electron chi connectivity index (χ3n) is 3.28. The second-order valence-electron chi connectivity index (χ2n) is 4.65. The number of H-pyrrole nitrogens is 1. The standard InChI is InChI=1S/C15H11N5S/c16-11-5-9-7-19-20-13(9)6-14(11)21-15-10-3-1-2-4-12(10)17-8-18-15/h1-8H,16H2,(H,19,20). The number of hydrogen-bond acceptors (Lipinski definition) is 5. The predicted octanol–water partition coefficient (Wildman–Crippen LogP) is 3.24. The molecule has 5 nitrogen and oxygen atoms in total. The van der Waals surface area contributed by atoms with Crippen molar-refractivity contribution in [3.05, 3.63) is 48.9 Å². The topological polar surface area (TPSA) is 80.5 Å². The van der Waals surface area contributed by atoms with Crippen LogP contribution >= 0.6 is 11.8 Å². The van der Waals surface area contributed by atoms with Gasteiger partial charge in [-0.15, -0.1) is 0 Å². The molecule has 6 heteroatoms. The van der Waals surface area contributed by atoms with E-state index in [0.717, 1.165) is 37.4 Å². The SMILES string of the molecule is Nc1cc2cn[nH]c2cc1Sc1ncnc2ccccc12. The van der Waals surface area contributed by atoms with Crippen LogP contribution in [0.1, 0.15) is 0 Å². The molecule has 3 N–H and O–H groups in total. The minimum Gasteiger partial charge on any atom is -0.398 e. The molecule has 0 amide bonds. The highest BCUT2D eigenvalue weighted by atomic mass is 32.2. The minimum atomic E-state index is 0.719. The number of nitrogens with zero attached hydrogens (tertiary/aromatic N) is 3. The summed E-state index contributed by atoms with van der Waals surface area (Å²) in [5.74, 6) is 0. The lowest BCUT2D eigenvalue weighted by Gasteiger charge is -2.07. The fourth-order valence-electron chi connectivity index (χ4n) is 2.24. The normalized spacial score (nSPS) is 11.2. The summed E-state index contributed by atoms with van der Waals surface area (Å²) >= 11 is 1.54. The fraction of sp³-hybridized carbons (Fsp3) is 0. The first-order valence-electron chi connectivity index (χ1n) is 6.41. The van der Waals surface area contributed by atoms with Crippen molar-refractivity contribution in [1.29, 1.82) is 0 Å². The van der Waals surface area contributed by atoms with Gasteiger partial charge in [0.15, 0.2) is 0 Å². The predicted molar refractivity (Wildman–Crippen MR) is 84.2 cm³/mol. The van der Waals surface area contributed by atoms with E-state index in [2.05, 4.69) is 20.2 Å². The maximum atomic E-state index is 6.13. The zero-order chi connectivity index (χ0) is 14.2. The number of anilines is 1. The van der Waals surface area contributed by atoms with Gasteiger partial charge in [-0.2, -0.15) is 5.10 Å². The van der Waals surface area contributed by atoms with E-state index in [1.165, 1.54) is 11.8 Å². The quantitative estimate of drug-likeness (QED) is 0.438. The van der Waals surface area contributed by atoms with Crippen LogP contribution in [0.15, 0.2) is 58.8 Å². The van der Waals surface area contributed by atoms with Gasteiger partial charge < -0.3 is 5.73 Å². The molecule has 21 heavy (non-hydrogen) atoms. The smallest absolute Gasteiger partial charge is 0.117 e. The molecular weight excluding hydrogens is 282 g/mol. The maximum absolute atomic E-state index is 6.13. The van der Waals surface area contributed by atoms with E-state index >= 15 is 0 Å². The molecule has 0 saturated carbocycles. The van der Waals surface area contributed by atoms with Crippen LogP contribution < -0.4 is 5.73 Å². The third kappa shape index (κ3) is 2.09. The van der Waals surface area contributed by atoms with Crippen LogP contribution in [-0.2, 0) is 0 Å². The monoisotopic (exact) mass is 293 g/mol. The van der Waals surface area contributed by atoms with Crippen molar-refractivity contribution in [2.24, 2.45) is 0 Å². The number of fused-ring (bicyclic) bond motifs is 2. The lowest BCUT2D eigenvalue weighted by Crippen LogP contribution is -1.91. The van der Waals surface area contributed by atoms with Crippen molar-refractivity contribution >= 4 is 39.3 Å². The van der Waals surface area contributed by atoms with E-state index in [1.807, 2.05) is 36.4 Å². The van der Waals surface area contributed by atoms with Gasteiger partial charge in [0.1, 0.15) is 11.4 Å². The summed E-state index contributed by atoms with van der Waals surface area (Å²) in [5.41, 5.74) is 8.74. The second kappa shape index (κ2) is 4.75. The number of nitrogens with two attached hydrogens (primary N) is 1. The van der Waals surface area contributed by atoms with Crippen molar-refractivity contribution in [2.45, 2.75) is 9.92 Å². The van der Waals surface area contributed by atoms with Crippen LogP contribution in [-0.4, -0.2) is 20.2 Å². The first kappa shape index (κ1) is 12.2. The van der Waals surface area contributed by atoms with E-state index < -0.39 is 0 Å². The van der Waals surface area contributed by atoms with E-state index in [4.69, 9.17) is 5.73 Å². The Morgan fingerprint density at radius 3 is 2.95 bits per heavy atom. The molecule has 0 atom stereocenters. The molecule has 0 bridgehead atoms.